The molecule has 0 N–H and O–H groups in total. The van der Waals surface area contributed by atoms with Crippen LogP contribution in [-0.4, -0.2) is 10.0 Å². The number of carbonyl (C=O) groups excluding carboxylic acids is 1. The number of carbonyl (C=O) groups is 1. The number of nitrogens with zero attached hydrogens (tertiary/aromatic N) is 1. The van der Waals surface area contributed by atoms with Crippen molar-refractivity contribution in [1.29, 1.82) is 0 Å². The molecule has 0 aliphatic carbocycles. The van der Waals surface area contributed by atoms with Crippen molar-refractivity contribution in [2.24, 2.45) is 0 Å². The highest BCUT2D eigenvalue weighted by Crippen LogP contribution is 2.24. The van der Waals surface area contributed by atoms with E-state index < -0.39 is 4.92 Å². The topological polar surface area (TPSA) is 60.2 Å². The Labute approximate surface area is 114 Å². The molecular formula is C14H11NO3S. The van der Waals surface area contributed by atoms with Crippen LogP contribution in [0.1, 0.15) is 15.9 Å². The van der Waals surface area contributed by atoms with Crippen LogP contribution in [0.15, 0.2) is 53.4 Å². The van der Waals surface area contributed by atoms with Crippen LogP contribution in [0.25, 0.3) is 0 Å². The highest BCUT2D eigenvalue weighted by Gasteiger charge is 2.10. The smallest absolute Gasteiger partial charge is 0.269 e. The monoisotopic (exact) mass is 273 g/mol. The van der Waals surface area contributed by atoms with Gasteiger partial charge in [-0.05, 0) is 43.0 Å². The average molecular weight is 273 g/mol. The first kappa shape index (κ1) is 13.3. The molecule has 96 valence electrons. The second kappa shape index (κ2) is 5.67. The minimum absolute atomic E-state index is 0.0166. The molecule has 0 spiro atoms. The molecule has 0 unspecified atom stereocenters. The van der Waals surface area contributed by atoms with E-state index in [9.17, 15) is 14.9 Å². The van der Waals surface area contributed by atoms with E-state index in [-0.39, 0.29) is 10.8 Å². The van der Waals surface area contributed by atoms with Crippen molar-refractivity contribution in [2.75, 3.05) is 0 Å². The third kappa shape index (κ3) is 3.42. The number of nitro benzene ring substituents is 1. The Morgan fingerprint density at radius 1 is 1.16 bits per heavy atom. The number of aryl methyl sites for hydroxylation is 1. The van der Waals surface area contributed by atoms with Crippen molar-refractivity contribution in [2.45, 2.75) is 11.8 Å². The molecule has 0 saturated carbocycles. The van der Waals surface area contributed by atoms with Crippen LogP contribution in [0.4, 0.5) is 5.69 Å². The molecule has 0 amide bonds. The molecule has 0 radical (unpaired) electrons. The van der Waals surface area contributed by atoms with E-state index in [4.69, 9.17) is 0 Å². The predicted octanol–water partition coefficient (Wildman–Crippen LogP) is 3.84. The summed E-state index contributed by atoms with van der Waals surface area (Å²) < 4.78 is 0. The molecule has 2 aromatic carbocycles. The van der Waals surface area contributed by atoms with Crippen molar-refractivity contribution >= 4 is 22.6 Å². The van der Waals surface area contributed by atoms with Crippen molar-refractivity contribution in [3.63, 3.8) is 0 Å². The van der Waals surface area contributed by atoms with Gasteiger partial charge < -0.3 is 0 Å². The molecule has 0 fully saturated rings. The van der Waals surface area contributed by atoms with E-state index >= 15 is 0 Å². The molecule has 0 aliphatic heterocycles. The molecule has 0 heterocycles. The summed E-state index contributed by atoms with van der Waals surface area (Å²) in [6.45, 7) is 1.96. The van der Waals surface area contributed by atoms with Crippen LogP contribution in [-0.2, 0) is 0 Å². The Morgan fingerprint density at radius 2 is 1.84 bits per heavy atom. The number of thioether (sulfide) groups is 1. The molecule has 2 rings (SSSR count). The molecule has 0 saturated heterocycles. The van der Waals surface area contributed by atoms with Gasteiger partial charge in [0.25, 0.3) is 5.69 Å². The van der Waals surface area contributed by atoms with Gasteiger partial charge in [-0.3, -0.25) is 14.9 Å². The van der Waals surface area contributed by atoms with E-state index in [1.54, 1.807) is 0 Å². The van der Waals surface area contributed by atoms with Gasteiger partial charge in [-0.25, -0.2) is 0 Å². The number of hydrogen-bond acceptors (Lipinski definition) is 4. The van der Waals surface area contributed by atoms with Crippen LogP contribution in [0.3, 0.4) is 0 Å². The number of benzene rings is 2. The summed E-state index contributed by atoms with van der Waals surface area (Å²) in [6.07, 6.45) is 0. The molecule has 2 aromatic rings. The second-order valence-corrected chi connectivity index (χ2v) is 5.06. The third-order valence-electron chi connectivity index (χ3n) is 2.51. The standard InChI is InChI=1S/C14H11NO3S/c1-10-3-2-4-13(9-10)19-14(16)11-5-7-12(8-6-11)15(17)18/h2-9H,1H3. The van der Waals surface area contributed by atoms with Crippen LogP contribution >= 0.6 is 11.8 Å². The Hall–Kier alpha value is -2.14. The maximum atomic E-state index is 12.0. The molecule has 19 heavy (non-hydrogen) atoms. The molecule has 0 atom stereocenters. The predicted molar refractivity (Wildman–Crippen MR) is 74.5 cm³/mol. The molecular weight excluding hydrogens is 262 g/mol. The fourth-order valence-electron chi connectivity index (χ4n) is 1.56. The molecule has 0 bridgehead atoms. The first-order valence-electron chi connectivity index (χ1n) is 5.59. The first-order chi connectivity index (χ1) is 9.06. The van der Waals surface area contributed by atoms with Gasteiger partial charge in [-0.15, -0.1) is 0 Å². The largest absolute Gasteiger partial charge is 0.281 e. The van der Waals surface area contributed by atoms with E-state index in [1.807, 2.05) is 31.2 Å². The highest BCUT2D eigenvalue weighted by atomic mass is 32.2. The van der Waals surface area contributed by atoms with Gasteiger partial charge in [0, 0.05) is 22.6 Å². The van der Waals surface area contributed by atoms with Crippen LogP contribution in [0, 0.1) is 17.0 Å². The Bertz CT molecular complexity index is 623. The highest BCUT2D eigenvalue weighted by molar-refractivity contribution is 8.14. The SMILES string of the molecule is Cc1cccc(SC(=O)c2ccc([N+](=O)[O-])cc2)c1. The maximum absolute atomic E-state index is 12.0. The average Bonchev–Trinajstić information content (AvgIpc) is 2.39. The van der Waals surface area contributed by atoms with Crippen LogP contribution in [0.2, 0.25) is 0 Å². The number of non-ortho nitro benzene ring substituents is 1. The number of rotatable bonds is 3. The molecule has 0 aromatic heterocycles. The van der Waals surface area contributed by atoms with Crippen molar-refractivity contribution in [3.05, 3.63) is 69.8 Å². The first-order valence-corrected chi connectivity index (χ1v) is 6.41. The zero-order valence-electron chi connectivity index (χ0n) is 10.2. The third-order valence-corrected chi connectivity index (χ3v) is 3.42. The van der Waals surface area contributed by atoms with Crippen molar-refractivity contribution in [3.8, 4) is 0 Å². The van der Waals surface area contributed by atoms with Gasteiger partial charge in [0.2, 0.25) is 5.12 Å². The normalized spacial score (nSPS) is 10.2. The van der Waals surface area contributed by atoms with E-state index in [0.29, 0.717) is 5.56 Å². The number of nitro groups is 1. The summed E-state index contributed by atoms with van der Waals surface area (Å²) in [5, 5.41) is 10.4. The lowest BCUT2D eigenvalue weighted by Crippen LogP contribution is -1.94. The van der Waals surface area contributed by atoms with Crippen LogP contribution in [0.5, 0.6) is 0 Å². The molecule has 5 heteroatoms. The van der Waals surface area contributed by atoms with Crippen molar-refractivity contribution in [1.82, 2.24) is 0 Å². The summed E-state index contributed by atoms with van der Waals surface area (Å²) >= 11 is 1.12. The summed E-state index contributed by atoms with van der Waals surface area (Å²) in [4.78, 5) is 22.9. The van der Waals surface area contributed by atoms with E-state index in [2.05, 4.69) is 0 Å². The minimum Gasteiger partial charge on any atom is -0.281 e. The summed E-state index contributed by atoms with van der Waals surface area (Å²) in [6, 6.07) is 13.3. The van der Waals surface area contributed by atoms with Gasteiger partial charge in [0.05, 0.1) is 4.92 Å². The van der Waals surface area contributed by atoms with Crippen molar-refractivity contribution < 1.29 is 9.72 Å². The fraction of sp³-hybridized carbons (Fsp3) is 0.0714. The van der Waals surface area contributed by atoms with Gasteiger partial charge in [-0.1, -0.05) is 17.7 Å². The number of hydrogen-bond donors (Lipinski definition) is 0. The lowest BCUT2D eigenvalue weighted by Gasteiger charge is -2.02. The van der Waals surface area contributed by atoms with Gasteiger partial charge in [0.1, 0.15) is 0 Å². The lowest BCUT2D eigenvalue weighted by molar-refractivity contribution is -0.384. The zero-order chi connectivity index (χ0) is 13.8. The maximum Gasteiger partial charge on any atom is 0.269 e. The zero-order valence-corrected chi connectivity index (χ0v) is 11.0. The van der Waals surface area contributed by atoms with E-state index in [0.717, 1.165) is 22.2 Å². The Morgan fingerprint density at radius 3 is 2.42 bits per heavy atom. The quantitative estimate of drug-likeness (QED) is 0.484. The van der Waals surface area contributed by atoms with Gasteiger partial charge in [0.15, 0.2) is 0 Å². The minimum atomic E-state index is -0.484. The summed E-state index contributed by atoms with van der Waals surface area (Å²) in [7, 11) is 0. The Balaban J connectivity index is 2.14. The molecule has 4 nitrogen and oxygen atoms in total. The summed E-state index contributed by atoms with van der Waals surface area (Å²) in [5.74, 6) is 0. The van der Waals surface area contributed by atoms with Crippen LogP contribution < -0.4 is 0 Å². The van der Waals surface area contributed by atoms with Gasteiger partial charge >= 0.3 is 0 Å². The summed E-state index contributed by atoms with van der Waals surface area (Å²) in [5.41, 5.74) is 1.52. The lowest BCUT2D eigenvalue weighted by atomic mass is 10.2. The molecule has 0 aliphatic rings. The second-order valence-electron chi connectivity index (χ2n) is 4.01. The fourth-order valence-corrected chi connectivity index (χ4v) is 2.42. The van der Waals surface area contributed by atoms with E-state index in [1.165, 1.54) is 24.3 Å². The van der Waals surface area contributed by atoms with Gasteiger partial charge in [-0.2, -0.15) is 0 Å². The Kier molecular flexibility index (Phi) is 3.97.